The molecule has 4 aromatic carbocycles. The van der Waals surface area contributed by atoms with Crippen LogP contribution in [0.25, 0.3) is 0 Å². The summed E-state index contributed by atoms with van der Waals surface area (Å²) in [5.41, 5.74) is 1.08. The summed E-state index contributed by atoms with van der Waals surface area (Å²) < 4.78 is 31.8. The Hall–Kier alpha value is -5.54. The number of carboxylic acids is 1. The van der Waals surface area contributed by atoms with Gasteiger partial charge in [-0.2, -0.15) is 18.6 Å². The summed E-state index contributed by atoms with van der Waals surface area (Å²) in [4.78, 5) is 11.5. The molecule has 214 valence electrons. The fraction of sp³-hybridized carbons (Fsp3) is 0.0741. The number of azo groups is 3. The van der Waals surface area contributed by atoms with Gasteiger partial charge in [-0.25, -0.2) is 4.79 Å². The van der Waals surface area contributed by atoms with Crippen molar-refractivity contribution in [2.75, 3.05) is 0 Å². The Bertz CT molecular complexity index is 1910. The third-order valence-corrected chi connectivity index (χ3v) is 6.48. The minimum atomic E-state index is -4.45. The lowest BCUT2D eigenvalue weighted by molar-refractivity contribution is 0.0697. The first kappa shape index (κ1) is 29.4. The number of hydrogen-bond acceptors (Lipinski definition) is 12. The SMILES string of the molecule is Cc1cc(C)c(O)c(N=Nc2cc(N=Nc3ccc(N=Nc4cccc(S(=O)(=O)O)c4)cc3C(=O)O)c(O)cc2O)c1. The van der Waals surface area contributed by atoms with Crippen LogP contribution in [0.3, 0.4) is 0 Å². The first-order valence-electron chi connectivity index (χ1n) is 11.9. The van der Waals surface area contributed by atoms with E-state index in [9.17, 15) is 38.2 Å². The molecule has 5 N–H and O–H groups in total. The topological polar surface area (TPSA) is 227 Å². The second kappa shape index (κ2) is 11.9. The maximum Gasteiger partial charge on any atom is 0.338 e. The molecule has 4 rings (SSSR count). The number of aromatic hydroxyl groups is 3. The van der Waals surface area contributed by atoms with Gasteiger partial charge in [0.05, 0.1) is 21.8 Å². The highest BCUT2D eigenvalue weighted by Crippen LogP contribution is 2.41. The van der Waals surface area contributed by atoms with Crippen molar-refractivity contribution in [1.29, 1.82) is 0 Å². The number of rotatable bonds is 8. The second-order valence-corrected chi connectivity index (χ2v) is 10.3. The van der Waals surface area contributed by atoms with Crippen LogP contribution in [0.1, 0.15) is 21.5 Å². The summed E-state index contributed by atoms with van der Waals surface area (Å²) in [6.45, 7) is 3.51. The van der Waals surface area contributed by atoms with E-state index in [0.29, 0.717) is 5.56 Å². The summed E-state index contributed by atoms with van der Waals surface area (Å²) in [5, 5.41) is 63.8. The predicted octanol–water partition coefficient (Wildman–Crippen LogP) is 7.61. The van der Waals surface area contributed by atoms with Gasteiger partial charge >= 0.3 is 5.97 Å². The second-order valence-electron chi connectivity index (χ2n) is 8.86. The number of phenolic OH excluding ortho intramolecular Hbond substituents is 3. The zero-order chi connectivity index (χ0) is 30.6. The molecule has 0 spiro atoms. The van der Waals surface area contributed by atoms with E-state index in [2.05, 4.69) is 30.7 Å². The van der Waals surface area contributed by atoms with E-state index in [1.807, 2.05) is 6.92 Å². The summed E-state index contributed by atoms with van der Waals surface area (Å²) in [6.07, 6.45) is 0. The zero-order valence-electron chi connectivity index (χ0n) is 21.9. The van der Waals surface area contributed by atoms with Gasteiger partial charge in [0.1, 0.15) is 40.0 Å². The third kappa shape index (κ3) is 6.96. The summed E-state index contributed by atoms with van der Waals surface area (Å²) in [6, 6.07) is 14.3. The largest absolute Gasteiger partial charge is 0.505 e. The molecule has 0 aromatic heterocycles. The minimum absolute atomic E-state index is 0.0849. The molecule has 0 atom stereocenters. The Morgan fingerprint density at radius 2 is 1.26 bits per heavy atom. The van der Waals surface area contributed by atoms with Crippen molar-refractivity contribution in [2.45, 2.75) is 18.7 Å². The van der Waals surface area contributed by atoms with Gasteiger partial charge in [-0.1, -0.05) is 12.1 Å². The number of nitrogens with zero attached hydrogens (tertiary/aromatic N) is 6. The maximum absolute atomic E-state index is 11.9. The van der Waals surface area contributed by atoms with Crippen LogP contribution < -0.4 is 0 Å². The molecular weight excluding hydrogens is 568 g/mol. The highest BCUT2D eigenvalue weighted by atomic mass is 32.2. The number of carboxylic acid groups (broad SMARTS) is 1. The zero-order valence-corrected chi connectivity index (χ0v) is 22.7. The van der Waals surface area contributed by atoms with Crippen molar-refractivity contribution >= 4 is 50.2 Å². The smallest absolute Gasteiger partial charge is 0.338 e. The molecule has 0 saturated carbocycles. The minimum Gasteiger partial charge on any atom is -0.505 e. The Kier molecular flexibility index (Phi) is 8.35. The van der Waals surface area contributed by atoms with Crippen molar-refractivity contribution in [3.05, 3.63) is 83.4 Å². The fourth-order valence-electron chi connectivity index (χ4n) is 3.61. The lowest BCUT2D eigenvalue weighted by Crippen LogP contribution is -1.96. The maximum atomic E-state index is 11.9. The van der Waals surface area contributed by atoms with Gasteiger partial charge in [-0.15, -0.1) is 20.5 Å². The predicted molar refractivity (Wildman–Crippen MR) is 150 cm³/mol. The van der Waals surface area contributed by atoms with Gasteiger partial charge in [0, 0.05) is 12.1 Å². The Labute approximate surface area is 238 Å². The highest BCUT2D eigenvalue weighted by Gasteiger charge is 2.14. The molecule has 0 amide bonds. The first-order valence-corrected chi connectivity index (χ1v) is 13.3. The number of hydrogen-bond donors (Lipinski definition) is 5. The van der Waals surface area contributed by atoms with E-state index < -0.39 is 27.6 Å². The highest BCUT2D eigenvalue weighted by molar-refractivity contribution is 7.85. The average Bonchev–Trinajstić information content (AvgIpc) is 2.93. The number of phenols is 3. The van der Waals surface area contributed by atoms with Gasteiger partial charge in [0.15, 0.2) is 0 Å². The van der Waals surface area contributed by atoms with Gasteiger partial charge in [-0.05, 0) is 67.4 Å². The Balaban J connectivity index is 1.62. The number of aryl methyl sites for hydroxylation is 2. The Morgan fingerprint density at radius 1 is 0.667 bits per heavy atom. The third-order valence-electron chi connectivity index (χ3n) is 5.63. The van der Waals surface area contributed by atoms with Crippen molar-refractivity contribution in [2.24, 2.45) is 30.7 Å². The van der Waals surface area contributed by atoms with Gasteiger partial charge in [-0.3, -0.25) is 4.55 Å². The number of benzene rings is 4. The van der Waals surface area contributed by atoms with Gasteiger partial charge in [0.25, 0.3) is 10.1 Å². The van der Waals surface area contributed by atoms with Gasteiger partial charge in [0.2, 0.25) is 0 Å². The molecule has 0 radical (unpaired) electrons. The van der Waals surface area contributed by atoms with Gasteiger partial charge < -0.3 is 20.4 Å². The molecule has 14 nitrogen and oxygen atoms in total. The van der Waals surface area contributed by atoms with E-state index in [4.69, 9.17) is 0 Å². The van der Waals surface area contributed by atoms with E-state index in [1.165, 1.54) is 36.4 Å². The van der Waals surface area contributed by atoms with Crippen LogP contribution >= 0.6 is 0 Å². The van der Waals surface area contributed by atoms with Crippen LogP contribution in [0.5, 0.6) is 17.2 Å². The van der Waals surface area contributed by atoms with Crippen LogP contribution in [-0.4, -0.2) is 39.4 Å². The molecule has 0 aliphatic heterocycles. The lowest BCUT2D eigenvalue weighted by Gasteiger charge is -2.05. The normalized spacial score (nSPS) is 12.1. The first-order chi connectivity index (χ1) is 19.8. The molecule has 0 bridgehead atoms. The van der Waals surface area contributed by atoms with Crippen LogP contribution in [0.2, 0.25) is 0 Å². The molecule has 0 fully saturated rings. The van der Waals surface area contributed by atoms with Crippen LogP contribution in [0.4, 0.5) is 34.1 Å². The molecule has 0 unspecified atom stereocenters. The monoisotopic (exact) mass is 590 g/mol. The van der Waals surface area contributed by atoms with E-state index in [-0.39, 0.29) is 50.3 Å². The lowest BCUT2D eigenvalue weighted by atomic mass is 10.1. The van der Waals surface area contributed by atoms with Crippen molar-refractivity contribution in [3.63, 3.8) is 0 Å². The molecule has 15 heteroatoms. The fourth-order valence-corrected chi connectivity index (χ4v) is 4.13. The quantitative estimate of drug-likeness (QED) is 0.101. The molecular formula is C27H22N6O8S. The average molecular weight is 591 g/mol. The van der Waals surface area contributed by atoms with E-state index >= 15 is 0 Å². The molecule has 0 heterocycles. The Morgan fingerprint density at radius 3 is 1.88 bits per heavy atom. The van der Waals surface area contributed by atoms with E-state index in [1.54, 1.807) is 19.1 Å². The van der Waals surface area contributed by atoms with Crippen molar-refractivity contribution in [1.82, 2.24) is 0 Å². The molecule has 0 saturated heterocycles. The van der Waals surface area contributed by atoms with Crippen molar-refractivity contribution < 1.29 is 38.2 Å². The molecule has 42 heavy (non-hydrogen) atoms. The molecule has 4 aromatic rings. The summed E-state index contributed by atoms with van der Waals surface area (Å²) in [7, 11) is -4.45. The molecule has 0 aliphatic rings. The van der Waals surface area contributed by atoms with Crippen LogP contribution in [0.15, 0.2) is 102 Å². The standard InChI is InChI=1S/C27H22N6O8S/c1-14-8-15(2)26(36)23(9-14)33-32-22-12-21(24(34)13-25(22)35)31-30-20-7-6-17(11-19(20)27(37)38)29-28-16-4-3-5-18(10-16)42(39,40)41/h3-13,34-36H,1-2H3,(H,37,38)(H,39,40,41). The van der Waals surface area contributed by atoms with E-state index in [0.717, 1.165) is 23.8 Å². The van der Waals surface area contributed by atoms with Crippen LogP contribution in [0, 0.1) is 13.8 Å². The molecule has 0 aliphatic carbocycles. The summed E-state index contributed by atoms with van der Waals surface area (Å²) in [5.74, 6) is -2.36. The van der Waals surface area contributed by atoms with Crippen LogP contribution in [-0.2, 0) is 10.1 Å². The van der Waals surface area contributed by atoms with Crippen molar-refractivity contribution in [3.8, 4) is 17.2 Å². The number of carbonyl (C=O) groups is 1. The number of aromatic carboxylic acids is 1. The summed E-state index contributed by atoms with van der Waals surface area (Å²) >= 11 is 0.